The summed E-state index contributed by atoms with van der Waals surface area (Å²) in [5.41, 5.74) is 1.41. The van der Waals surface area contributed by atoms with Gasteiger partial charge in [0.05, 0.1) is 19.9 Å². The summed E-state index contributed by atoms with van der Waals surface area (Å²) in [5.74, 6) is 1.29. The van der Waals surface area contributed by atoms with Gasteiger partial charge in [-0.2, -0.15) is 0 Å². The fourth-order valence-corrected chi connectivity index (χ4v) is 1.82. The maximum atomic E-state index is 11.9. The Morgan fingerprint density at radius 1 is 1.05 bits per heavy atom. The molecule has 0 aliphatic carbocycles. The van der Waals surface area contributed by atoms with Crippen LogP contribution in [0.25, 0.3) is 0 Å². The quantitative estimate of drug-likeness (QED) is 0.651. The van der Waals surface area contributed by atoms with Crippen molar-refractivity contribution >= 4 is 11.5 Å². The average Bonchev–Trinajstić information content (AvgIpc) is 2.55. The van der Waals surface area contributed by atoms with Crippen molar-refractivity contribution in [3.8, 4) is 11.5 Å². The number of ketones is 1. The minimum Gasteiger partial charge on any atom is -0.497 e. The third-order valence-electron chi connectivity index (χ3n) is 2.94. The predicted molar refractivity (Wildman–Crippen MR) is 83.1 cm³/mol. The summed E-state index contributed by atoms with van der Waals surface area (Å²) in [6, 6.07) is 14.5. The van der Waals surface area contributed by atoms with E-state index in [9.17, 15) is 4.79 Å². The summed E-state index contributed by atoms with van der Waals surface area (Å²) in [7, 11) is 3.18. The van der Waals surface area contributed by atoms with E-state index in [1.807, 2.05) is 30.3 Å². The second-order valence-corrected chi connectivity index (χ2v) is 4.27. The summed E-state index contributed by atoms with van der Waals surface area (Å²) in [6.45, 7) is 0. The lowest BCUT2D eigenvalue weighted by atomic mass is 10.1. The van der Waals surface area contributed by atoms with Gasteiger partial charge in [0.2, 0.25) is 0 Å². The molecule has 0 spiro atoms. The molecule has 1 N–H and O–H groups in total. The van der Waals surface area contributed by atoms with Crippen LogP contribution in [0.1, 0.15) is 10.4 Å². The van der Waals surface area contributed by atoms with Gasteiger partial charge in [-0.25, -0.2) is 0 Å². The number of carbonyl (C=O) groups excluding carboxylic acids is 1. The second-order valence-electron chi connectivity index (χ2n) is 4.27. The summed E-state index contributed by atoms with van der Waals surface area (Å²) >= 11 is 0. The molecule has 0 bridgehead atoms. The average molecular weight is 283 g/mol. The predicted octanol–water partition coefficient (Wildman–Crippen LogP) is 3.51. The number of ether oxygens (including phenoxy) is 2. The van der Waals surface area contributed by atoms with Crippen LogP contribution in [0.4, 0.5) is 5.69 Å². The summed E-state index contributed by atoms with van der Waals surface area (Å²) in [4.78, 5) is 11.9. The molecule has 0 aliphatic rings. The van der Waals surface area contributed by atoms with Crippen molar-refractivity contribution in [1.29, 1.82) is 0 Å². The van der Waals surface area contributed by atoms with Crippen LogP contribution in [-0.4, -0.2) is 20.0 Å². The van der Waals surface area contributed by atoms with Crippen molar-refractivity contribution < 1.29 is 14.3 Å². The Labute approximate surface area is 124 Å². The lowest BCUT2D eigenvalue weighted by Crippen LogP contribution is -1.97. The maximum Gasteiger partial charge on any atom is 0.187 e. The molecule has 0 aliphatic heterocycles. The number of rotatable bonds is 6. The largest absolute Gasteiger partial charge is 0.497 e. The van der Waals surface area contributed by atoms with Crippen LogP contribution >= 0.6 is 0 Å². The fourth-order valence-electron chi connectivity index (χ4n) is 1.82. The van der Waals surface area contributed by atoms with E-state index in [-0.39, 0.29) is 5.78 Å². The van der Waals surface area contributed by atoms with Crippen molar-refractivity contribution in [2.24, 2.45) is 0 Å². The van der Waals surface area contributed by atoms with E-state index in [4.69, 9.17) is 9.47 Å². The highest BCUT2D eigenvalue weighted by molar-refractivity contribution is 6.04. The number of hydrogen-bond donors (Lipinski definition) is 1. The Morgan fingerprint density at radius 2 is 1.81 bits per heavy atom. The summed E-state index contributed by atoms with van der Waals surface area (Å²) in [5, 5.41) is 3.03. The van der Waals surface area contributed by atoms with Gasteiger partial charge >= 0.3 is 0 Å². The molecular formula is C17H17NO3. The lowest BCUT2D eigenvalue weighted by Gasteiger charge is -2.09. The van der Waals surface area contributed by atoms with E-state index >= 15 is 0 Å². The number of hydrogen-bond acceptors (Lipinski definition) is 4. The lowest BCUT2D eigenvalue weighted by molar-refractivity contribution is 0.104. The van der Waals surface area contributed by atoms with Gasteiger partial charge in [-0.05, 0) is 12.1 Å². The molecule has 4 heteroatoms. The van der Waals surface area contributed by atoms with Gasteiger partial charge in [0.15, 0.2) is 5.78 Å². The van der Waals surface area contributed by atoms with E-state index in [1.54, 1.807) is 38.6 Å². The molecule has 0 heterocycles. The van der Waals surface area contributed by atoms with Gasteiger partial charge < -0.3 is 14.8 Å². The van der Waals surface area contributed by atoms with E-state index in [1.165, 1.54) is 6.08 Å². The highest BCUT2D eigenvalue weighted by Gasteiger charge is 2.04. The number of benzene rings is 2. The van der Waals surface area contributed by atoms with Gasteiger partial charge in [-0.3, -0.25) is 4.79 Å². The molecule has 0 radical (unpaired) electrons. The minimum atomic E-state index is -0.0596. The number of anilines is 1. The zero-order valence-electron chi connectivity index (χ0n) is 12.0. The Morgan fingerprint density at radius 3 is 2.48 bits per heavy atom. The van der Waals surface area contributed by atoms with Crippen LogP contribution in [0.2, 0.25) is 0 Å². The minimum absolute atomic E-state index is 0.0596. The van der Waals surface area contributed by atoms with E-state index < -0.39 is 0 Å². The van der Waals surface area contributed by atoms with Crippen LogP contribution in [0.15, 0.2) is 60.8 Å². The fraction of sp³-hybridized carbons (Fsp3) is 0.118. The van der Waals surface area contributed by atoms with Gasteiger partial charge in [0.25, 0.3) is 0 Å². The number of allylic oxidation sites excluding steroid dienone is 1. The first-order chi connectivity index (χ1) is 10.2. The highest BCUT2D eigenvalue weighted by Crippen LogP contribution is 2.28. The molecule has 0 amide bonds. The van der Waals surface area contributed by atoms with Crippen molar-refractivity contribution in [3.63, 3.8) is 0 Å². The standard InChI is InChI=1S/C17H17NO3/c1-20-14-8-9-15(17(12-14)21-2)18-11-10-16(19)13-6-4-3-5-7-13/h3-12,18H,1-2H3. The normalized spacial score (nSPS) is 10.4. The molecule has 2 rings (SSSR count). The van der Waals surface area contributed by atoms with E-state index in [0.717, 1.165) is 5.69 Å². The Hall–Kier alpha value is -2.75. The molecule has 2 aromatic rings. The van der Waals surface area contributed by atoms with Crippen molar-refractivity contribution in [2.75, 3.05) is 19.5 Å². The van der Waals surface area contributed by atoms with Crippen molar-refractivity contribution in [3.05, 3.63) is 66.4 Å². The molecule has 0 unspecified atom stereocenters. The zero-order valence-corrected chi connectivity index (χ0v) is 12.0. The van der Waals surface area contributed by atoms with Crippen LogP contribution in [0.3, 0.4) is 0 Å². The van der Waals surface area contributed by atoms with Gasteiger partial charge in [-0.1, -0.05) is 30.3 Å². The van der Waals surface area contributed by atoms with Gasteiger partial charge in [0.1, 0.15) is 11.5 Å². The number of nitrogens with one attached hydrogen (secondary N) is 1. The smallest absolute Gasteiger partial charge is 0.187 e. The first-order valence-electron chi connectivity index (χ1n) is 6.49. The third kappa shape index (κ3) is 3.86. The number of carbonyl (C=O) groups is 1. The van der Waals surface area contributed by atoms with E-state index in [0.29, 0.717) is 17.1 Å². The molecule has 0 saturated carbocycles. The molecule has 0 saturated heterocycles. The van der Waals surface area contributed by atoms with Crippen molar-refractivity contribution in [2.45, 2.75) is 0 Å². The number of methoxy groups -OCH3 is 2. The summed E-state index contributed by atoms with van der Waals surface area (Å²) in [6.07, 6.45) is 3.08. The molecule has 108 valence electrons. The van der Waals surface area contributed by atoms with E-state index in [2.05, 4.69) is 5.32 Å². The molecule has 0 aromatic heterocycles. The monoisotopic (exact) mass is 283 g/mol. The van der Waals surface area contributed by atoms with Crippen LogP contribution in [-0.2, 0) is 0 Å². The topological polar surface area (TPSA) is 47.6 Å². The van der Waals surface area contributed by atoms with Gasteiger partial charge in [0, 0.05) is 23.9 Å². The highest BCUT2D eigenvalue weighted by atomic mass is 16.5. The molecular weight excluding hydrogens is 266 g/mol. The molecule has 4 nitrogen and oxygen atoms in total. The second kappa shape index (κ2) is 7.14. The SMILES string of the molecule is COc1ccc(NC=CC(=O)c2ccccc2)c(OC)c1. The zero-order chi connectivity index (χ0) is 15.1. The van der Waals surface area contributed by atoms with Crippen LogP contribution in [0.5, 0.6) is 11.5 Å². The third-order valence-corrected chi connectivity index (χ3v) is 2.94. The molecule has 2 aromatic carbocycles. The Kier molecular flexibility index (Phi) is 4.99. The van der Waals surface area contributed by atoms with Crippen LogP contribution < -0.4 is 14.8 Å². The first kappa shape index (κ1) is 14.7. The maximum absolute atomic E-state index is 11.9. The Bertz CT molecular complexity index is 636. The molecule has 0 atom stereocenters. The molecule has 21 heavy (non-hydrogen) atoms. The van der Waals surface area contributed by atoms with Crippen LogP contribution in [0, 0.1) is 0 Å². The first-order valence-corrected chi connectivity index (χ1v) is 6.49. The Balaban J connectivity index is 2.06. The molecule has 0 fully saturated rings. The van der Waals surface area contributed by atoms with Gasteiger partial charge in [-0.15, -0.1) is 0 Å². The van der Waals surface area contributed by atoms with Crippen molar-refractivity contribution in [1.82, 2.24) is 0 Å². The summed E-state index contributed by atoms with van der Waals surface area (Å²) < 4.78 is 10.4.